The summed E-state index contributed by atoms with van der Waals surface area (Å²) in [5.41, 5.74) is 0.942. The third-order valence-electron chi connectivity index (χ3n) is 1.42. The molecule has 0 aliphatic carbocycles. The molecule has 0 amide bonds. The van der Waals surface area contributed by atoms with Gasteiger partial charge in [0.2, 0.25) is 0 Å². The fraction of sp³-hybridized carbons (Fsp3) is 0.778. The zero-order valence-electron chi connectivity index (χ0n) is 8.20. The SMILES string of the molecule is C=C(C)CCOCC(F)(F)CNC. The lowest BCUT2D eigenvalue weighted by Crippen LogP contribution is -2.35. The van der Waals surface area contributed by atoms with Crippen molar-refractivity contribution in [1.82, 2.24) is 5.32 Å². The molecule has 0 radical (unpaired) electrons. The first-order valence-electron chi connectivity index (χ1n) is 4.22. The normalized spacial score (nSPS) is 11.7. The fourth-order valence-electron chi connectivity index (χ4n) is 0.778. The molecule has 78 valence electrons. The Hall–Kier alpha value is -0.480. The van der Waals surface area contributed by atoms with Gasteiger partial charge in [0.1, 0.15) is 6.61 Å². The van der Waals surface area contributed by atoms with E-state index in [1.807, 2.05) is 6.92 Å². The second-order valence-corrected chi connectivity index (χ2v) is 3.15. The van der Waals surface area contributed by atoms with Crippen LogP contribution in [-0.4, -0.2) is 32.7 Å². The minimum absolute atomic E-state index is 0.314. The van der Waals surface area contributed by atoms with Crippen LogP contribution in [0.1, 0.15) is 13.3 Å². The average Bonchev–Trinajstić information content (AvgIpc) is 1.98. The quantitative estimate of drug-likeness (QED) is 0.492. The topological polar surface area (TPSA) is 21.3 Å². The van der Waals surface area contributed by atoms with Gasteiger partial charge < -0.3 is 10.1 Å². The highest BCUT2D eigenvalue weighted by atomic mass is 19.3. The molecule has 0 aromatic carbocycles. The number of alkyl halides is 2. The number of ether oxygens (including phenoxy) is 1. The van der Waals surface area contributed by atoms with Crippen LogP contribution in [0.4, 0.5) is 8.78 Å². The maximum atomic E-state index is 12.7. The van der Waals surface area contributed by atoms with E-state index in [4.69, 9.17) is 4.74 Å². The monoisotopic (exact) mass is 193 g/mol. The molecule has 0 atom stereocenters. The highest BCUT2D eigenvalue weighted by molar-refractivity contribution is 4.87. The van der Waals surface area contributed by atoms with Crippen LogP contribution in [0.25, 0.3) is 0 Å². The molecule has 0 unspecified atom stereocenters. The highest BCUT2D eigenvalue weighted by Crippen LogP contribution is 2.12. The molecule has 0 saturated carbocycles. The Kier molecular flexibility index (Phi) is 5.82. The van der Waals surface area contributed by atoms with E-state index in [-0.39, 0.29) is 6.54 Å². The first-order chi connectivity index (χ1) is 5.98. The van der Waals surface area contributed by atoms with Crippen LogP contribution >= 0.6 is 0 Å². The zero-order chi connectivity index (χ0) is 10.3. The van der Waals surface area contributed by atoms with E-state index in [1.54, 1.807) is 0 Å². The first kappa shape index (κ1) is 12.5. The summed E-state index contributed by atoms with van der Waals surface area (Å²) in [5, 5.41) is 2.41. The summed E-state index contributed by atoms with van der Waals surface area (Å²) < 4.78 is 30.3. The third-order valence-corrected chi connectivity index (χ3v) is 1.42. The molecular formula is C9H17F2NO. The van der Waals surface area contributed by atoms with Gasteiger partial charge in [0.05, 0.1) is 13.2 Å². The number of nitrogens with one attached hydrogen (secondary N) is 1. The standard InChI is InChI=1S/C9H17F2NO/c1-8(2)4-5-13-7-9(10,11)6-12-3/h12H,1,4-7H2,2-3H3. The van der Waals surface area contributed by atoms with Crippen LogP contribution in [0.2, 0.25) is 0 Å². The predicted octanol–water partition coefficient (Wildman–Crippen LogP) is 1.82. The van der Waals surface area contributed by atoms with Crippen molar-refractivity contribution in [3.63, 3.8) is 0 Å². The van der Waals surface area contributed by atoms with Gasteiger partial charge in [0.15, 0.2) is 0 Å². The summed E-state index contributed by atoms with van der Waals surface area (Å²) >= 11 is 0. The van der Waals surface area contributed by atoms with Crippen LogP contribution in [-0.2, 0) is 4.74 Å². The van der Waals surface area contributed by atoms with Gasteiger partial charge in [-0.15, -0.1) is 6.58 Å². The molecule has 0 fully saturated rings. The lowest BCUT2D eigenvalue weighted by Gasteiger charge is -2.15. The summed E-state index contributed by atoms with van der Waals surface area (Å²) in [7, 11) is 1.49. The Bertz CT molecular complexity index is 160. The van der Waals surface area contributed by atoms with Crippen LogP contribution in [0.3, 0.4) is 0 Å². The van der Waals surface area contributed by atoms with E-state index in [1.165, 1.54) is 7.05 Å². The minimum Gasteiger partial charge on any atom is -0.375 e. The summed E-state index contributed by atoms with van der Waals surface area (Å²) in [6.07, 6.45) is 0.635. The van der Waals surface area contributed by atoms with Crippen molar-refractivity contribution in [1.29, 1.82) is 0 Å². The van der Waals surface area contributed by atoms with Gasteiger partial charge in [-0.05, 0) is 20.4 Å². The predicted molar refractivity (Wildman–Crippen MR) is 49.1 cm³/mol. The highest BCUT2D eigenvalue weighted by Gasteiger charge is 2.27. The molecule has 0 heterocycles. The molecule has 0 saturated heterocycles. The third kappa shape index (κ3) is 7.87. The maximum absolute atomic E-state index is 12.7. The van der Waals surface area contributed by atoms with Crippen LogP contribution < -0.4 is 5.32 Å². The number of rotatable bonds is 7. The zero-order valence-corrected chi connectivity index (χ0v) is 8.20. The van der Waals surface area contributed by atoms with Crippen LogP contribution in [0.5, 0.6) is 0 Å². The van der Waals surface area contributed by atoms with Crippen molar-refractivity contribution in [2.24, 2.45) is 0 Å². The van der Waals surface area contributed by atoms with Gasteiger partial charge in [0.25, 0.3) is 5.92 Å². The van der Waals surface area contributed by atoms with E-state index < -0.39 is 12.5 Å². The lowest BCUT2D eigenvalue weighted by atomic mass is 10.3. The first-order valence-corrected chi connectivity index (χ1v) is 4.22. The molecule has 1 N–H and O–H groups in total. The summed E-state index contributed by atoms with van der Waals surface area (Å²) in [4.78, 5) is 0. The molecule has 0 aliphatic heterocycles. The van der Waals surface area contributed by atoms with Crippen molar-refractivity contribution in [3.8, 4) is 0 Å². The van der Waals surface area contributed by atoms with Crippen molar-refractivity contribution in [3.05, 3.63) is 12.2 Å². The van der Waals surface area contributed by atoms with E-state index in [2.05, 4.69) is 11.9 Å². The number of halogens is 2. The smallest absolute Gasteiger partial charge is 0.283 e. The second-order valence-electron chi connectivity index (χ2n) is 3.15. The largest absolute Gasteiger partial charge is 0.375 e. The van der Waals surface area contributed by atoms with E-state index in [9.17, 15) is 8.78 Å². The summed E-state index contributed by atoms with van der Waals surface area (Å²) in [6, 6.07) is 0. The van der Waals surface area contributed by atoms with Gasteiger partial charge in [-0.1, -0.05) is 5.57 Å². The summed E-state index contributed by atoms with van der Waals surface area (Å²) in [6.45, 7) is 4.93. The molecule has 0 aromatic rings. The Balaban J connectivity index is 3.45. The molecule has 0 rings (SSSR count). The van der Waals surface area contributed by atoms with Gasteiger partial charge in [-0.3, -0.25) is 0 Å². The average molecular weight is 193 g/mol. The van der Waals surface area contributed by atoms with Crippen molar-refractivity contribution >= 4 is 0 Å². The molecular weight excluding hydrogens is 176 g/mol. The molecule has 4 heteroatoms. The molecule has 0 bridgehead atoms. The molecule has 2 nitrogen and oxygen atoms in total. The van der Waals surface area contributed by atoms with E-state index in [0.717, 1.165) is 5.57 Å². The van der Waals surface area contributed by atoms with Gasteiger partial charge >= 0.3 is 0 Å². The van der Waals surface area contributed by atoms with Crippen LogP contribution in [0, 0.1) is 0 Å². The van der Waals surface area contributed by atoms with Gasteiger partial charge in [0, 0.05) is 0 Å². The minimum atomic E-state index is -2.77. The maximum Gasteiger partial charge on any atom is 0.283 e. The van der Waals surface area contributed by atoms with E-state index >= 15 is 0 Å². The Morgan fingerprint density at radius 1 is 1.54 bits per heavy atom. The summed E-state index contributed by atoms with van der Waals surface area (Å²) in [5.74, 6) is -2.77. The van der Waals surface area contributed by atoms with Gasteiger partial charge in [-0.2, -0.15) is 0 Å². The molecule has 0 spiro atoms. The Labute approximate surface area is 78.0 Å². The molecule has 0 aliphatic rings. The van der Waals surface area contributed by atoms with Crippen molar-refractivity contribution in [2.75, 3.05) is 26.8 Å². The lowest BCUT2D eigenvalue weighted by molar-refractivity contribution is -0.0729. The van der Waals surface area contributed by atoms with E-state index in [0.29, 0.717) is 13.0 Å². The van der Waals surface area contributed by atoms with Crippen LogP contribution in [0.15, 0.2) is 12.2 Å². The van der Waals surface area contributed by atoms with Crippen molar-refractivity contribution < 1.29 is 13.5 Å². The Morgan fingerprint density at radius 3 is 2.62 bits per heavy atom. The Morgan fingerprint density at radius 2 is 2.15 bits per heavy atom. The molecule has 0 aromatic heterocycles. The van der Waals surface area contributed by atoms with Crippen molar-refractivity contribution in [2.45, 2.75) is 19.3 Å². The number of hydrogen-bond donors (Lipinski definition) is 1. The molecule has 13 heavy (non-hydrogen) atoms. The number of hydrogen-bond acceptors (Lipinski definition) is 2. The van der Waals surface area contributed by atoms with Gasteiger partial charge in [-0.25, -0.2) is 8.78 Å². The second kappa shape index (κ2) is 6.05. The fourth-order valence-corrected chi connectivity index (χ4v) is 0.778.